The molecule has 1 unspecified atom stereocenters. The van der Waals surface area contributed by atoms with Gasteiger partial charge in [-0.3, -0.25) is 4.99 Å². The van der Waals surface area contributed by atoms with Crippen LogP contribution in [-0.2, 0) is 4.74 Å². The second-order valence-corrected chi connectivity index (χ2v) is 9.73. The molecular formula is C25H27ClN4OS. The molecular weight excluding hydrogens is 440 g/mol. The molecule has 0 radical (unpaired) electrons. The maximum absolute atomic E-state index is 6.10. The highest BCUT2D eigenvalue weighted by atomic mass is 35.5. The Bertz CT molecular complexity index is 1150. The number of amidine groups is 1. The molecule has 0 bridgehead atoms. The van der Waals surface area contributed by atoms with Crippen LogP contribution in [0.2, 0.25) is 4.34 Å². The Morgan fingerprint density at radius 1 is 1.25 bits per heavy atom. The summed E-state index contributed by atoms with van der Waals surface area (Å²) in [6.45, 7) is 15.8. The number of hydrogen-bond donors (Lipinski definition) is 1. The monoisotopic (exact) mass is 466 g/mol. The normalized spacial score (nSPS) is 18.9. The van der Waals surface area contributed by atoms with Crippen molar-refractivity contribution in [3.8, 4) is 0 Å². The van der Waals surface area contributed by atoms with Crippen LogP contribution >= 0.6 is 22.9 Å². The Kier molecular flexibility index (Phi) is 6.17. The van der Waals surface area contributed by atoms with E-state index in [0.29, 0.717) is 29.1 Å². The zero-order chi connectivity index (χ0) is 23.0. The second kappa shape index (κ2) is 8.88. The van der Waals surface area contributed by atoms with Crippen molar-refractivity contribution in [3.63, 3.8) is 0 Å². The standard InChI is InChI=1S/C25H27ClN4OS/c1-15-7-6-10-29(18(15)4)24-16(2)11-20(12-17(24)3)30-14-21(31-19(30)5)13-28-25(27)22-8-9-23(26)32-22/h6-12,21H,4-5,13-14H2,1-3H3,(H2,27,28). The molecule has 2 N–H and O–H groups in total. The van der Waals surface area contributed by atoms with Gasteiger partial charge in [0.2, 0.25) is 0 Å². The summed E-state index contributed by atoms with van der Waals surface area (Å²) in [6, 6.07) is 8.03. The maximum atomic E-state index is 6.10. The quantitative estimate of drug-likeness (QED) is 0.440. The van der Waals surface area contributed by atoms with Crippen LogP contribution in [0.1, 0.15) is 22.9 Å². The summed E-state index contributed by atoms with van der Waals surface area (Å²) >= 11 is 7.41. The minimum atomic E-state index is -0.116. The van der Waals surface area contributed by atoms with E-state index >= 15 is 0 Å². The van der Waals surface area contributed by atoms with E-state index in [1.54, 1.807) is 0 Å². The van der Waals surface area contributed by atoms with Crippen molar-refractivity contribution in [2.45, 2.75) is 26.9 Å². The summed E-state index contributed by atoms with van der Waals surface area (Å²) in [5, 5.41) is 0. The predicted octanol–water partition coefficient (Wildman–Crippen LogP) is 5.89. The van der Waals surface area contributed by atoms with E-state index in [2.05, 4.69) is 73.1 Å². The molecule has 0 saturated carbocycles. The minimum Gasteiger partial charge on any atom is -0.472 e. The zero-order valence-corrected chi connectivity index (χ0v) is 20.1. The average Bonchev–Trinajstić information content (AvgIpc) is 3.34. The lowest BCUT2D eigenvalue weighted by Crippen LogP contribution is -2.24. The van der Waals surface area contributed by atoms with Gasteiger partial charge in [0, 0.05) is 17.6 Å². The van der Waals surface area contributed by atoms with Gasteiger partial charge < -0.3 is 20.3 Å². The van der Waals surface area contributed by atoms with Crippen LogP contribution in [0.4, 0.5) is 11.4 Å². The maximum Gasteiger partial charge on any atom is 0.186 e. The van der Waals surface area contributed by atoms with Crippen molar-refractivity contribution in [1.82, 2.24) is 0 Å². The third kappa shape index (κ3) is 4.33. The van der Waals surface area contributed by atoms with Crippen molar-refractivity contribution in [2.75, 3.05) is 22.9 Å². The fourth-order valence-electron chi connectivity index (χ4n) is 4.00. The second-order valence-electron chi connectivity index (χ2n) is 8.01. The number of ether oxygens (including phenoxy) is 1. The fraction of sp³-hybridized carbons (Fsp3) is 0.240. The topological polar surface area (TPSA) is 54.1 Å². The minimum absolute atomic E-state index is 0.116. The molecule has 0 aliphatic carbocycles. The third-order valence-electron chi connectivity index (χ3n) is 5.64. The SMILES string of the molecule is C=C1C(C)=CC=CN1c1c(C)cc(N2CC(CN=C(N)c3ccc(Cl)s3)OC2=C)cc1C. The van der Waals surface area contributed by atoms with E-state index in [9.17, 15) is 0 Å². The molecule has 1 atom stereocenters. The zero-order valence-electron chi connectivity index (χ0n) is 18.6. The Morgan fingerprint density at radius 2 is 1.97 bits per heavy atom. The molecule has 5 nitrogen and oxygen atoms in total. The van der Waals surface area contributed by atoms with Gasteiger partial charge >= 0.3 is 0 Å². The van der Waals surface area contributed by atoms with E-state index in [-0.39, 0.29) is 6.10 Å². The summed E-state index contributed by atoms with van der Waals surface area (Å²) in [5.74, 6) is 1.10. The summed E-state index contributed by atoms with van der Waals surface area (Å²) in [6.07, 6.45) is 6.07. The largest absolute Gasteiger partial charge is 0.472 e. The number of thiophene rings is 1. The molecule has 1 fully saturated rings. The molecule has 1 aromatic carbocycles. The van der Waals surface area contributed by atoms with Crippen molar-refractivity contribution in [2.24, 2.45) is 10.7 Å². The number of aliphatic imine (C=N–C) groups is 1. The van der Waals surface area contributed by atoms with Crippen molar-refractivity contribution >= 4 is 40.1 Å². The van der Waals surface area contributed by atoms with E-state index in [1.165, 1.54) is 11.3 Å². The van der Waals surface area contributed by atoms with Gasteiger partial charge in [0.1, 0.15) is 11.9 Å². The number of anilines is 2. The van der Waals surface area contributed by atoms with Gasteiger partial charge in [0.15, 0.2) is 5.88 Å². The molecule has 2 aliphatic rings. The molecule has 0 spiro atoms. The summed E-state index contributed by atoms with van der Waals surface area (Å²) in [4.78, 5) is 9.61. The Labute approximate surface area is 198 Å². The van der Waals surface area contributed by atoms with E-state index in [4.69, 9.17) is 22.1 Å². The van der Waals surface area contributed by atoms with Crippen LogP contribution in [0.3, 0.4) is 0 Å². The Hall–Kier alpha value is -2.96. The van der Waals surface area contributed by atoms with Crippen LogP contribution in [0, 0.1) is 13.8 Å². The van der Waals surface area contributed by atoms with Gasteiger partial charge in [-0.2, -0.15) is 0 Å². The first kappa shape index (κ1) is 22.2. The van der Waals surface area contributed by atoms with Gasteiger partial charge in [-0.05, 0) is 74.4 Å². The van der Waals surface area contributed by atoms with Crippen molar-refractivity contribution < 1.29 is 4.74 Å². The highest BCUT2D eigenvalue weighted by molar-refractivity contribution is 7.18. The fourth-order valence-corrected chi connectivity index (χ4v) is 4.96. The van der Waals surface area contributed by atoms with Gasteiger partial charge in [0.25, 0.3) is 0 Å². The lowest BCUT2D eigenvalue weighted by atomic mass is 10.0. The van der Waals surface area contributed by atoms with Crippen molar-refractivity contribution in [1.29, 1.82) is 0 Å². The lowest BCUT2D eigenvalue weighted by Gasteiger charge is -2.30. The molecule has 1 saturated heterocycles. The molecule has 1 aromatic heterocycles. The molecule has 4 rings (SSSR count). The molecule has 0 amide bonds. The highest BCUT2D eigenvalue weighted by Gasteiger charge is 2.29. The molecule has 2 aromatic rings. The number of halogens is 1. The van der Waals surface area contributed by atoms with Crippen LogP contribution in [0.25, 0.3) is 0 Å². The first-order valence-corrected chi connectivity index (χ1v) is 11.6. The number of nitrogens with two attached hydrogens (primary N) is 1. The average molecular weight is 467 g/mol. The smallest absolute Gasteiger partial charge is 0.186 e. The van der Waals surface area contributed by atoms with Gasteiger partial charge in [0.05, 0.1) is 28.0 Å². The molecule has 3 heterocycles. The number of rotatable bonds is 5. The summed E-state index contributed by atoms with van der Waals surface area (Å²) < 4.78 is 6.67. The number of benzene rings is 1. The molecule has 166 valence electrons. The summed E-state index contributed by atoms with van der Waals surface area (Å²) in [7, 11) is 0. The van der Waals surface area contributed by atoms with Gasteiger partial charge in [-0.15, -0.1) is 11.3 Å². The van der Waals surface area contributed by atoms with Crippen LogP contribution in [0.5, 0.6) is 0 Å². The first-order chi connectivity index (χ1) is 15.2. The Morgan fingerprint density at radius 3 is 2.62 bits per heavy atom. The van der Waals surface area contributed by atoms with Gasteiger partial charge in [-0.1, -0.05) is 24.3 Å². The lowest BCUT2D eigenvalue weighted by molar-refractivity contribution is 0.177. The Balaban J connectivity index is 1.50. The van der Waals surface area contributed by atoms with Crippen LogP contribution in [-0.4, -0.2) is 25.0 Å². The third-order valence-corrected chi connectivity index (χ3v) is 6.89. The van der Waals surface area contributed by atoms with Gasteiger partial charge in [-0.25, -0.2) is 0 Å². The van der Waals surface area contributed by atoms with Crippen molar-refractivity contribution in [3.05, 3.63) is 93.3 Å². The van der Waals surface area contributed by atoms with E-state index in [0.717, 1.165) is 38.6 Å². The molecule has 2 aliphatic heterocycles. The number of allylic oxidation sites excluding steroid dienone is 3. The highest BCUT2D eigenvalue weighted by Crippen LogP contribution is 2.37. The predicted molar refractivity (Wildman–Crippen MR) is 137 cm³/mol. The first-order valence-electron chi connectivity index (χ1n) is 10.4. The molecule has 7 heteroatoms. The van der Waals surface area contributed by atoms with Crippen LogP contribution < -0.4 is 15.5 Å². The van der Waals surface area contributed by atoms with Crippen LogP contribution in [0.15, 0.2) is 77.9 Å². The number of hydrogen-bond acceptors (Lipinski definition) is 5. The van der Waals surface area contributed by atoms with E-state index < -0.39 is 0 Å². The molecule has 32 heavy (non-hydrogen) atoms. The van der Waals surface area contributed by atoms with E-state index in [1.807, 2.05) is 18.2 Å². The summed E-state index contributed by atoms with van der Waals surface area (Å²) in [5.41, 5.74) is 12.8. The number of aryl methyl sites for hydroxylation is 2. The number of nitrogens with zero attached hydrogens (tertiary/aromatic N) is 3.